The maximum atomic E-state index is 13.2. The summed E-state index contributed by atoms with van der Waals surface area (Å²) in [6.07, 6.45) is 5.87. The van der Waals surface area contributed by atoms with Gasteiger partial charge in [0.05, 0.1) is 24.5 Å². The van der Waals surface area contributed by atoms with Gasteiger partial charge in [-0.1, -0.05) is 32.9 Å². The molecule has 5 N–H and O–H groups in total. The van der Waals surface area contributed by atoms with Crippen molar-refractivity contribution in [1.29, 1.82) is 0 Å². The molecular formula is C25H32N6O3. The zero-order valence-corrected chi connectivity index (χ0v) is 19.9. The molecule has 1 atom stereocenters. The van der Waals surface area contributed by atoms with Crippen molar-refractivity contribution in [3.63, 3.8) is 0 Å². The van der Waals surface area contributed by atoms with E-state index in [1.54, 1.807) is 17.3 Å². The highest BCUT2D eigenvalue weighted by molar-refractivity contribution is 6.00. The molecule has 1 spiro atoms. The van der Waals surface area contributed by atoms with E-state index in [1.807, 2.05) is 18.2 Å². The van der Waals surface area contributed by atoms with Crippen molar-refractivity contribution in [2.24, 2.45) is 10.7 Å². The summed E-state index contributed by atoms with van der Waals surface area (Å²) in [5, 5.41) is 23.0. The number of benzene rings is 1. The molecular weight excluding hydrogens is 432 g/mol. The third-order valence-corrected chi connectivity index (χ3v) is 7.16. The average molecular weight is 465 g/mol. The van der Waals surface area contributed by atoms with Crippen LogP contribution >= 0.6 is 0 Å². The minimum atomic E-state index is -1.66. The highest BCUT2D eigenvalue weighted by Gasteiger charge is 2.51. The van der Waals surface area contributed by atoms with Crippen LogP contribution in [-0.4, -0.2) is 48.8 Å². The number of aromatic nitrogens is 2. The van der Waals surface area contributed by atoms with E-state index in [-0.39, 0.29) is 42.6 Å². The largest absolute Gasteiger partial charge is 0.369 e. The molecule has 2 heterocycles. The lowest BCUT2D eigenvalue weighted by molar-refractivity contribution is -0.187. The van der Waals surface area contributed by atoms with E-state index >= 15 is 0 Å². The highest BCUT2D eigenvalue weighted by Crippen LogP contribution is 2.50. The predicted molar refractivity (Wildman–Crippen MR) is 128 cm³/mol. The Kier molecular flexibility index (Phi) is 5.18. The number of aliphatic hydroxyl groups is 2. The molecule has 1 amide bonds. The van der Waals surface area contributed by atoms with E-state index in [1.165, 1.54) is 0 Å². The summed E-state index contributed by atoms with van der Waals surface area (Å²) in [4.78, 5) is 28.5. The second kappa shape index (κ2) is 7.74. The third-order valence-electron chi connectivity index (χ3n) is 7.16. The van der Waals surface area contributed by atoms with E-state index < -0.39 is 11.3 Å². The van der Waals surface area contributed by atoms with Crippen LogP contribution in [0.25, 0.3) is 0 Å². The Labute approximate surface area is 199 Å². The van der Waals surface area contributed by atoms with E-state index in [0.29, 0.717) is 19.3 Å². The minimum Gasteiger partial charge on any atom is -0.369 e. The van der Waals surface area contributed by atoms with Crippen molar-refractivity contribution in [2.75, 3.05) is 5.32 Å². The molecule has 1 saturated carbocycles. The van der Waals surface area contributed by atoms with E-state index in [2.05, 4.69) is 36.1 Å². The van der Waals surface area contributed by atoms with Crippen LogP contribution in [0.5, 0.6) is 0 Å². The first-order valence-corrected chi connectivity index (χ1v) is 11.8. The van der Waals surface area contributed by atoms with E-state index in [9.17, 15) is 15.0 Å². The van der Waals surface area contributed by atoms with Gasteiger partial charge in [0.25, 0.3) is 0 Å². The summed E-state index contributed by atoms with van der Waals surface area (Å²) in [6, 6.07) is 5.82. The fourth-order valence-electron chi connectivity index (χ4n) is 5.29. The van der Waals surface area contributed by atoms with Crippen LogP contribution < -0.4 is 11.1 Å². The predicted octanol–water partition coefficient (Wildman–Crippen LogP) is 2.44. The van der Waals surface area contributed by atoms with Gasteiger partial charge in [-0.05, 0) is 30.0 Å². The fourth-order valence-corrected chi connectivity index (χ4v) is 5.29. The molecule has 2 aromatic rings. The molecule has 0 radical (unpaired) electrons. The summed E-state index contributed by atoms with van der Waals surface area (Å²) in [5.74, 6) is -0.706. The molecule has 1 aromatic carbocycles. The molecule has 1 fully saturated rings. The number of carbonyl (C=O) groups is 1. The van der Waals surface area contributed by atoms with Crippen LogP contribution in [-0.2, 0) is 22.2 Å². The van der Waals surface area contributed by atoms with Crippen molar-refractivity contribution in [3.8, 4) is 0 Å². The first-order valence-electron chi connectivity index (χ1n) is 11.8. The van der Waals surface area contributed by atoms with Gasteiger partial charge >= 0.3 is 0 Å². The van der Waals surface area contributed by atoms with Gasteiger partial charge in [-0.25, -0.2) is 15.0 Å². The SMILES string of the molecule is CC(C)(C)c1ncc(Nc2cccc3c2C[C@]32CC(=O)N(C3CCC(O)(O)CC3)C(N)=N2)cn1. The summed E-state index contributed by atoms with van der Waals surface area (Å²) in [6.45, 7) is 6.23. The van der Waals surface area contributed by atoms with Gasteiger partial charge in [-0.3, -0.25) is 9.69 Å². The number of nitrogens with two attached hydrogens (primary N) is 1. The Morgan fingerprint density at radius 3 is 2.41 bits per heavy atom. The topological polar surface area (TPSA) is 137 Å². The van der Waals surface area contributed by atoms with Crippen LogP contribution in [0.2, 0.25) is 0 Å². The Morgan fingerprint density at radius 1 is 1.12 bits per heavy atom. The van der Waals surface area contributed by atoms with E-state index in [4.69, 9.17) is 10.7 Å². The van der Waals surface area contributed by atoms with Gasteiger partial charge in [-0.15, -0.1) is 0 Å². The molecule has 5 rings (SSSR count). The van der Waals surface area contributed by atoms with Crippen LogP contribution in [0.4, 0.5) is 11.4 Å². The summed E-state index contributed by atoms with van der Waals surface area (Å²) >= 11 is 0. The smallest absolute Gasteiger partial charge is 0.232 e. The molecule has 0 saturated heterocycles. The quantitative estimate of drug-likeness (QED) is 0.512. The molecule has 34 heavy (non-hydrogen) atoms. The van der Waals surface area contributed by atoms with Gasteiger partial charge in [0, 0.05) is 36.4 Å². The average Bonchev–Trinajstić information content (AvgIpc) is 2.74. The first-order chi connectivity index (χ1) is 16.0. The van der Waals surface area contributed by atoms with Crippen LogP contribution in [0.3, 0.4) is 0 Å². The van der Waals surface area contributed by atoms with Crippen LogP contribution in [0, 0.1) is 0 Å². The number of rotatable bonds is 3. The third kappa shape index (κ3) is 3.92. The number of guanidine groups is 1. The number of nitrogens with zero attached hydrogens (tertiary/aromatic N) is 4. The van der Waals surface area contributed by atoms with Crippen LogP contribution in [0.15, 0.2) is 35.6 Å². The molecule has 3 aliphatic rings. The van der Waals surface area contributed by atoms with Gasteiger partial charge in [0.1, 0.15) is 11.4 Å². The lowest BCUT2D eigenvalue weighted by Gasteiger charge is -2.48. The van der Waals surface area contributed by atoms with Crippen molar-refractivity contribution < 1.29 is 15.0 Å². The normalized spacial score (nSPS) is 24.4. The molecule has 9 nitrogen and oxygen atoms in total. The van der Waals surface area contributed by atoms with Crippen molar-refractivity contribution >= 4 is 23.2 Å². The number of anilines is 2. The maximum absolute atomic E-state index is 13.2. The van der Waals surface area contributed by atoms with Crippen molar-refractivity contribution in [2.45, 2.75) is 82.1 Å². The second-order valence-electron chi connectivity index (χ2n) is 10.8. The first kappa shape index (κ1) is 22.7. The standard InChI is InChI=1S/C25H32N6O3/c1-23(2,3)21-27-13-15(14-28-21)29-19-6-4-5-18-17(19)11-24(18)12-20(32)31(22(26)30-24)16-7-9-25(33,34)10-8-16/h4-6,13-14,16,29,33-34H,7-12H2,1-3H3,(H2,26,30)/t24-/m0/s1. The van der Waals surface area contributed by atoms with Gasteiger partial charge in [0.15, 0.2) is 11.7 Å². The van der Waals surface area contributed by atoms with Gasteiger partial charge in [-0.2, -0.15) is 0 Å². The molecule has 1 aliphatic heterocycles. The Morgan fingerprint density at radius 2 is 1.79 bits per heavy atom. The number of amides is 1. The highest BCUT2D eigenvalue weighted by atomic mass is 16.5. The fraction of sp³-hybridized carbons (Fsp3) is 0.520. The van der Waals surface area contributed by atoms with Crippen molar-refractivity contribution in [1.82, 2.24) is 14.9 Å². The summed E-state index contributed by atoms with van der Waals surface area (Å²) in [5.41, 5.74) is 9.45. The second-order valence-corrected chi connectivity index (χ2v) is 10.8. The van der Waals surface area contributed by atoms with Crippen LogP contribution in [0.1, 0.15) is 69.8 Å². The summed E-state index contributed by atoms with van der Waals surface area (Å²) in [7, 11) is 0. The molecule has 180 valence electrons. The van der Waals surface area contributed by atoms with Gasteiger partial charge < -0.3 is 21.3 Å². The zero-order chi connectivity index (χ0) is 24.3. The van der Waals surface area contributed by atoms with Gasteiger partial charge in [0.2, 0.25) is 5.91 Å². The molecule has 1 aromatic heterocycles. The number of aliphatic imine (C=N–C) groups is 1. The Balaban J connectivity index is 1.36. The zero-order valence-electron chi connectivity index (χ0n) is 19.9. The number of nitrogens with one attached hydrogen (secondary N) is 1. The maximum Gasteiger partial charge on any atom is 0.232 e. The number of carbonyl (C=O) groups excluding carboxylic acids is 1. The number of hydrogen-bond acceptors (Lipinski definition) is 8. The Bertz CT molecular complexity index is 1140. The number of hydrogen-bond donors (Lipinski definition) is 4. The lowest BCUT2D eigenvalue weighted by Crippen LogP contribution is -2.58. The summed E-state index contributed by atoms with van der Waals surface area (Å²) < 4.78 is 0. The van der Waals surface area contributed by atoms with Crippen molar-refractivity contribution in [3.05, 3.63) is 47.5 Å². The Hall–Kier alpha value is -3.04. The monoisotopic (exact) mass is 464 g/mol. The number of fused-ring (bicyclic) bond motifs is 2. The molecule has 9 heteroatoms. The minimum absolute atomic E-state index is 0.0592. The molecule has 0 bridgehead atoms. The van der Waals surface area contributed by atoms with E-state index in [0.717, 1.165) is 28.3 Å². The molecule has 2 aliphatic carbocycles. The molecule has 0 unspecified atom stereocenters. The lowest BCUT2D eigenvalue weighted by atomic mass is 9.67.